The molecule has 1 unspecified atom stereocenters. The van der Waals surface area contributed by atoms with Gasteiger partial charge in [-0.3, -0.25) is 9.59 Å². The molecule has 3 nitrogen and oxygen atoms in total. The van der Waals surface area contributed by atoms with Gasteiger partial charge in [0.2, 0.25) is 0 Å². The molecule has 1 aliphatic carbocycles. The third-order valence-electron chi connectivity index (χ3n) is 5.20. The molecule has 0 aromatic heterocycles. The third-order valence-corrected chi connectivity index (χ3v) is 5.20. The van der Waals surface area contributed by atoms with Crippen molar-refractivity contribution < 1.29 is 14.7 Å². The Bertz CT molecular complexity index is 792. The van der Waals surface area contributed by atoms with E-state index in [1.165, 1.54) is 5.56 Å². The van der Waals surface area contributed by atoms with Crippen molar-refractivity contribution in [3.8, 4) is 0 Å². The van der Waals surface area contributed by atoms with E-state index < -0.39 is 5.97 Å². The van der Waals surface area contributed by atoms with Crippen molar-refractivity contribution in [2.45, 2.75) is 45.4 Å². The zero-order chi connectivity index (χ0) is 17.8. The predicted octanol–water partition coefficient (Wildman–Crippen LogP) is 4.45. The maximum atomic E-state index is 12.8. The summed E-state index contributed by atoms with van der Waals surface area (Å²) in [5.41, 5.74) is 5.06. The molecule has 0 fully saturated rings. The second kappa shape index (κ2) is 7.64. The van der Waals surface area contributed by atoms with Crippen molar-refractivity contribution >= 4 is 11.8 Å². The fraction of sp³-hybridized carbons (Fsp3) is 0.364. The number of fused-ring (bicyclic) bond motifs is 2. The van der Waals surface area contributed by atoms with Crippen LogP contribution in [0.15, 0.2) is 42.5 Å². The number of carboxylic acid groups (broad SMARTS) is 1. The van der Waals surface area contributed by atoms with Crippen LogP contribution in [0.5, 0.6) is 0 Å². The molecule has 1 aliphatic rings. The molecule has 3 heteroatoms. The van der Waals surface area contributed by atoms with E-state index in [1.54, 1.807) is 0 Å². The predicted molar refractivity (Wildman–Crippen MR) is 98.1 cm³/mol. The number of carbonyl (C=O) groups is 2. The molecule has 0 amide bonds. The topological polar surface area (TPSA) is 54.4 Å². The monoisotopic (exact) mass is 336 g/mol. The molecule has 0 aliphatic heterocycles. The van der Waals surface area contributed by atoms with Gasteiger partial charge in [-0.1, -0.05) is 49.4 Å². The molecule has 3 rings (SSSR count). The van der Waals surface area contributed by atoms with Crippen LogP contribution < -0.4 is 0 Å². The van der Waals surface area contributed by atoms with Gasteiger partial charge in [0.25, 0.3) is 0 Å². The van der Waals surface area contributed by atoms with Crippen LogP contribution >= 0.6 is 0 Å². The van der Waals surface area contributed by atoms with Gasteiger partial charge in [-0.05, 0) is 55.2 Å². The lowest BCUT2D eigenvalue weighted by atomic mass is 9.94. The van der Waals surface area contributed by atoms with Gasteiger partial charge in [0, 0.05) is 11.1 Å². The average Bonchev–Trinajstić information content (AvgIpc) is 2.76. The van der Waals surface area contributed by atoms with Crippen LogP contribution in [0.3, 0.4) is 0 Å². The average molecular weight is 336 g/mol. The summed E-state index contributed by atoms with van der Waals surface area (Å²) in [6.45, 7) is 1.92. The number of carboxylic acids is 1. The standard InChI is InChI=1S/C22H24O3/c1-2-16(22(24)25)8-5-6-15-10-13-20-18(14-15)12-11-17-7-3-4-9-19(17)21(20)23/h3-4,7,9-10,13-14,16H,2,5-6,8,11-12H2,1H3,(H,24,25). The molecular formula is C22H24O3. The minimum Gasteiger partial charge on any atom is -0.481 e. The number of ketones is 1. The van der Waals surface area contributed by atoms with Gasteiger partial charge in [-0.15, -0.1) is 0 Å². The molecule has 0 spiro atoms. The Morgan fingerprint density at radius 3 is 2.56 bits per heavy atom. The summed E-state index contributed by atoms with van der Waals surface area (Å²) in [6, 6.07) is 14.0. The highest BCUT2D eigenvalue weighted by Gasteiger charge is 2.21. The first kappa shape index (κ1) is 17.4. The summed E-state index contributed by atoms with van der Waals surface area (Å²) >= 11 is 0. The quantitative estimate of drug-likeness (QED) is 0.848. The van der Waals surface area contributed by atoms with Crippen LogP contribution in [0, 0.1) is 5.92 Å². The van der Waals surface area contributed by atoms with Crippen LogP contribution in [0.25, 0.3) is 0 Å². The first-order valence-electron chi connectivity index (χ1n) is 9.07. The smallest absolute Gasteiger partial charge is 0.306 e. The van der Waals surface area contributed by atoms with Crippen molar-refractivity contribution in [1.29, 1.82) is 0 Å². The van der Waals surface area contributed by atoms with Crippen molar-refractivity contribution in [2.75, 3.05) is 0 Å². The van der Waals surface area contributed by atoms with Crippen molar-refractivity contribution in [3.05, 3.63) is 70.3 Å². The van der Waals surface area contributed by atoms with Gasteiger partial charge in [0.05, 0.1) is 5.92 Å². The lowest BCUT2D eigenvalue weighted by Crippen LogP contribution is -2.12. The zero-order valence-electron chi connectivity index (χ0n) is 14.6. The molecule has 0 radical (unpaired) electrons. The summed E-state index contributed by atoms with van der Waals surface area (Å²) in [4.78, 5) is 23.9. The minimum absolute atomic E-state index is 0.117. The van der Waals surface area contributed by atoms with Crippen LogP contribution in [-0.2, 0) is 24.1 Å². The largest absolute Gasteiger partial charge is 0.481 e. The second-order valence-corrected chi connectivity index (χ2v) is 6.81. The molecule has 2 aromatic rings. The van der Waals surface area contributed by atoms with Crippen LogP contribution in [-0.4, -0.2) is 16.9 Å². The fourth-order valence-electron chi connectivity index (χ4n) is 3.66. The Balaban J connectivity index is 1.73. The lowest BCUT2D eigenvalue weighted by Gasteiger charge is -2.11. The minimum atomic E-state index is -0.701. The Labute approximate surface area is 148 Å². The van der Waals surface area contributed by atoms with E-state index in [2.05, 4.69) is 6.07 Å². The molecule has 1 atom stereocenters. The Morgan fingerprint density at radius 2 is 1.80 bits per heavy atom. The number of carbonyl (C=O) groups excluding carboxylic acids is 1. The summed E-state index contributed by atoms with van der Waals surface area (Å²) in [7, 11) is 0. The highest BCUT2D eigenvalue weighted by molar-refractivity contribution is 6.11. The van der Waals surface area contributed by atoms with E-state index in [4.69, 9.17) is 5.11 Å². The second-order valence-electron chi connectivity index (χ2n) is 6.81. The van der Waals surface area contributed by atoms with Gasteiger partial charge >= 0.3 is 5.97 Å². The number of hydrogen-bond donors (Lipinski definition) is 1. The first-order valence-corrected chi connectivity index (χ1v) is 9.07. The molecule has 1 N–H and O–H groups in total. The molecule has 0 saturated carbocycles. The highest BCUT2D eigenvalue weighted by Crippen LogP contribution is 2.26. The maximum Gasteiger partial charge on any atom is 0.306 e. The number of aliphatic carboxylic acids is 1. The van der Waals surface area contributed by atoms with Crippen LogP contribution in [0.4, 0.5) is 0 Å². The lowest BCUT2D eigenvalue weighted by molar-refractivity contribution is -0.142. The Kier molecular flexibility index (Phi) is 5.32. The third kappa shape index (κ3) is 3.81. The summed E-state index contributed by atoms with van der Waals surface area (Å²) in [5.74, 6) is -0.837. The van der Waals surface area contributed by atoms with Gasteiger partial charge in [0.1, 0.15) is 0 Å². The van der Waals surface area contributed by atoms with Gasteiger partial charge in [-0.25, -0.2) is 0 Å². The Morgan fingerprint density at radius 1 is 1.08 bits per heavy atom. The van der Waals surface area contributed by atoms with Crippen molar-refractivity contribution in [3.63, 3.8) is 0 Å². The number of benzene rings is 2. The normalized spacial score (nSPS) is 14.4. The van der Waals surface area contributed by atoms with E-state index >= 15 is 0 Å². The van der Waals surface area contributed by atoms with E-state index in [0.29, 0.717) is 12.8 Å². The zero-order valence-corrected chi connectivity index (χ0v) is 14.6. The van der Waals surface area contributed by atoms with Crippen molar-refractivity contribution in [2.24, 2.45) is 5.92 Å². The SMILES string of the molecule is CCC(CCCc1ccc2c(c1)CCc1ccccc1C2=O)C(=O)O. The number of aryl methyl sites for hydroxylation is 3. The van der Waals surface area contributed by atoms with Gasteiger partial charge < -0.3 is 5.11 Å². The first-order chi connectivity index (χ1) is 12.1. The molecule has 0 saturated heterocycles. The number of rotatable bonds is 6. The molecule has 0 bridgehead atoms. The van der Waals surface area contributed by atoms with Crippen LogP contribution in [0.2, 0.25) is 0 Å². The summed E-state index contributed by atoms with van der Waals surface area (Å²) < 4.78 is 0. The molecule has 2 aromatic carbocycles. The van der Waals surface area contributed by atoms with Crippen molar-refractivity contribution in [1.82, 2.24) is 0 Å². The maximum absolute atomic E-state index is 12.8. The number of hydrogen-bond acceptors (Lipinski definition) is 2. The molecule has 0 heterocycles. The molecule has 25 heavy (non-hydrogen) atoms. The fourth-order valence-corrected chi connectivity index (χ4v) is 3.66. The summed E-state index contributed by atoms with van der Waals surface area (Å²) in [6.07, 6.45) is 4.85. The molecule has 130 valence electrons. The van der Waals surface area contributed by atoms with E-state index in [9.17, 15) is 9.59 Å². The van der Waals surface area contributed by atoms with Crippen LogP contribution in [0.1, 0.15) is 58.8 Å². The van der Waals surface area contributed by atoms with E-state index in [0.717, 1.165) is 47.9 Å². The van der Waals surface area contributed by atoms with Gasteiger partial charge in [0.15, 0.2) is 5.78 Å². The van der Waals surface area contributed by atoms with E-state index in [1.807, 2.05) is 43.3 Å². The summed E-state index contributed by atoms with van der Waals surface area (Å²) in [5, 5.41) is 9.14. The molecular weight excluding hydrogens is 312 g/mol. The Hall–Kier alpha value is -2.42. The van der Waals surface area contributed by atoms with E-state index in [-0.39, 0.29) is 11.7 Å². The van der Waals surface area contributed by atoms with Gasteiger partial charge in [-0.2, -0.15) is 0 Å². The highest BCUT2D eigenvalue weighted by atomic mass is 16.4.